The average molecular weight is 570 g/mol. The SMILES string of the molecule is CN(C)c1nc(NC2CCC(CNC(=O)c3ccc4c(c3)S(=O)(=O)c3ccccc3C4=O)CC2)nc2ccccc12. The van der Waals surface area contributed by atoms with E-state index in [4.69, 9.17) is 9.97 Å². The Kier molecular flexibility index (Phi) is 6.94. The first-order chi connectivity index (χ1) is 19.7. The van der Waals surface area contributed by atoms with Crippen molar-refractivity contribution < 1.29 is 18.0 Å². The number of hydrogen-bond donors (Lipinski definition) is 2. The molecule has 10 heteroatoms. The molecule has 0 bridgehead atoms. The van der Waals surface area contributed by atoms with E-state index < -0.39 is 9.84 Å². The van der Waals surface area contributed by atoms with Crippen LogP contribution in [0.15, 0.2) is 76.5 Å². The average Bonchev–Trinajstić information content (AvgIpc) is 2.99. The summed E-state index contributed by atoms with van der Waals surface area (Å²) in [5.41, 5.74) is 1.38. The fourth-order valence-electron chi connectivity index (χ4n) is 5.72. The summed E-state index contributed by atoms with van der Waals surface area (Å²) in [7, 11) is 0.0455. The Morgan fingerprint density at radius 3 is 2.39 bits per heavy atom. The number of nitrogens with one attached hydrogen (secondary N) is 2. The van der Waals surface area contributed by atoms with E-state index >= 15 is 0 Å². The minimum atomic E-state index is -3.90. The maximum Gasteiger partial charge on any atom is 0.251 e. The van der Waals surface area contributed by atoms with Crippen LogP contribution in [0.25, 0.3) is 10.9 Å². The molecule has 41 heavy (non-hydrogen) atoms. The number of para-hydroxylation sites is 1. The van der Waals surface area contributed by atoms with E-state index in [1.54, 1.807) is 12.1 Å². The summed E-state index contributed by atoms with van der Waals surface area (Å²) in [6.07, 6.45) is 3.70. The molecular weight excluding hydrogens is 538 g/mol. The molecule has 0 atom stereocenters. The third-order valence-electron chi connectivity index (χ3n) is 7.94. The fraction of sp³-hybridized carbons (Fsp3) is 0.290. The van der Waals surface area contributed by atoms with Gasteiger partial charge in [-0.15, -0.1) is 0 Å². The van der Waals surface area contributed by atoms with E-state index in [0.717, 1.165) is 42.4 Å². The van der Waals surface area contributed by atoms with Crippen molar-refractivity contribution in [2.75, 3.05) is 30.9 Å². The van der Waals surface area contributed by atoms with Crippen LogP contribution in [0.4, 0.5) is 11.8 Å². The summed E-state index contributed by atoms with van der Waals surface area (Å²) in [6, 6.07) is 18.7. The number of carbonyl (C=O) groups excluding carboxylic acids is 2. The number of benzene rings is 3. The van der Waals surface area contributed by atoms with Crippen molar-refractivity contribution in [2.45, 2.75) is 41.5 Å². The number of ketones is 1. The lowest BCUT2D eigenvalue weighted by Gasteiger charge is -2.29. The van der Waals surface area contributed by atoms with E-state index in [0.29, 0.717) is 18.4 Å². The highest BCUT2D eigenvalue weighted by Crippen LogP contribution is 2.35. The van der Waals surface area contributed by atoms with Gasteiger partial charge in [-0.25, -0.2) is 13.4 Å². The van der Waals surface area contributed by atoms with E-state index in [1.807, 2.05) is 43.3 Å². The number of rotatable bonds is 6. The molecule has 1 saturated carbocycles. The van der Waals surface area contributed by atoms with Crippen LogP contribution in [0.5, 0.6) is 0 Å². The highest BCUT2D eigenvalue weighted by atomic mass is 32.2. The van der Waals surface area contributed by atoms with Crippen LogP contribution in [0.3, 0.4) is 0 Å². The van der Waals surface area contributed by atoms with Gasteiger partial charge < -0.3 is 15.5 Å². The Morgan fingerprint density at radius 2 is 1.61 bits per heavy atom. The number of carbonyl (C=O) groups is 2. The van der Waals surface area contributed by atoms with Gasteiger partial charge in [0.05, 0.1) is 15.3 Å². The minimum absolute atomic E-state index is 0.0209. The molecule has 0 unspecified atom stereocenters. The molecule has 1 aromatic heterocycles. The van der Waals surface area contributed by atoms with Crippen LogP contribution in [-0.4, -0.2) is 56.8 Å². The van der Waals surface area contributed by atoms with Crippen LogP contribution in [-0.2, 0) is 9.84 Å². The Balaban J connectivity index is 1.07. The Hall–Kier alpha value is -4.31. The van der Waals surface area contributed by atoms with Crippen LogP contribution in [0, 0.1) is 5.92 Å². The lowest BCUT2D eigenvalue weighted by molar-refractivity contribution is 0.0941. The van der Waals surface area contributed by atoms with Crippen molar-refractivity contribution in [3.63, 3.8) is 0 Å². The van der Waals surface area contributed by atoms with Crippen LogP contribution < -0.4 is 15.5 Å². The number of hydrogen-bond acceptors (Lipinski definition) is 8. The smallest absolute Gasteiger partial charge is 0.251 e. The molecule has 2 N–H and O–H groups in total. The minimum Gasteiger partial charge on any atom is -0.362 e. The van der Waals surface area contributed by atoms with Crippen molar-refractivity contribution in [3.8, 4) is 0 Å². The number of fused-ring (bicyclic) bond motifs is 3. The van der Waals surface area contributed by atoms with E-state index in [2.05, 4.69) is 10.6 Å². The Labute approximate surface area is 238 Å². The first-order valence-corrected chi connectivity index (χ1v) is 15.2. The zero-order chi connectivity index (χ0) is 28.7. The number of amides is 1. The third kappa shape index (κ3) is 5.04. The zero-order valence-electron chi connectivity index (χ0n) is 22.9. The molecule has 0 spiro atoms. The van der Waals surface area contributed by atoms with Gasteiger partial charge in [0.1, 0.15) is 5.82 Å². The molecule has 1 aliphatic carbocycles. The number of aromatic nitrogens is 2. The topological polar surface area (TPSA) is 121 Å². The number of nitrogens with zero attached hydrogens (tertiary/aromatic N) is 3. The van der Waals surface area contributed by atoms with E-state index in [1.165, 1.54) is 30.3 Å². The molecule has 1 amide bonds. The van der Waals surface area contributed by atoms with E-state index in [-0.39, 0.29) is 44.2 Å². The van der Waals surface area contributed by atoms with Gasteiger partial charge in [-0.3, -0.25) is 9.59 Å². The first kappa shape index (κ1) is 26.9. The summed E-state index contributed by atoms with van der Waals surface area (Å²) in [5.74, 6) is 1.09. The van der Waals surface area contributed by atoms with Crippen molar-refractivity contribution in [1.29, 1.82) is 0 Å². The predicted molar refractivity (Wildman–Crippen MR) is 157 cm³/mol. The molecule has 4 aromatic rings. The Morgan fingerprint density at radius 1 is 0.902 bits per heavy atom. The van der Waals surface area contributed by atoms with E-state index in [9.17, 15) is 18.0 Å². The van der Waals surface area contributed by atoms with Gasteiger partial charge in [0.15, 0.2) is 5.78 Å². The molecule has 3 aromatic carbocycles. The van der Waals surface area contributed by atoms with Crippen molar-refractivity contribution >= 4 is 44.2 Å². The molecule has 2 aliphatic rings. The molecule has 1 fully saturated rings. The summed E-state index contributed by atoms with van der Waals surface area (Å²) < 4.78 is 26.4. The predicted octanol–water partition coefficient (Wildman–Crippen LogP) is 4.47. The van der Waals surface area contributed by atoms with Gasteiger partial charge in [0, 0.05) is 48.8 Å². The van der Waals surface area contributed by atoms with Crippen LogP contribution >= 0.6 is 0 Å². The second-order valence-corrected chi connectivity index (χ2v) is 12.8. The van der Waals surface area contributed by atoms with Gasteiger partial charge in [-0.2, -0.15) is 4.98 Å². The third-order valence-corrected chi connectivity index (χ3v) is 9.79. The summed E-state index contributed by atoms with van der Waals surface area (Å²) in [4.78, 5) is 37.2. The van der Waals surface area contributed by atoms with Gasteiger partial charge >= 0.3 is 0 Å². The molecule has 0 saturated heterocycles. The van der Waals surface area contributed by atoms with Crippen molar-refractivity contribution in [2.24, 2.45) is 5.92 Å². The van der Waals surface area contributed by atoms with Crippen molar-refractivity contribution in [3.05, 3.63) is 83.4 Å². The standard InChI is InChI=1S/C31H31N5O4S/c1-36(2)29-22-7-3-5-9-25(22)34-31(35-29)33-21-14-11-19(12-15-21)18-32-30(38)20-13-16-24-27(17-20)41(39,40)26-10-6-4-8-23(26)28(24)37/h3-10,13,16-17,19,21H,11-12,14-15,18H2,1-2H3,(H,32,38)(H,33,34,35). The summed E-state index contributed by atoms with van der Waals surface area (Å²) >= 11 is 0. The van der Waals surface area contributed by atoms with Crippen molar-refractivity contribution in [1.82, 2.24) is 15.3 Å². The summed E-state index contributed by atoms with van der Waals surface area (Å²) in [5, 5.41) is 7.48. The second-order valence-electron chi connectivity index (χ2n) is 10.9. The molecule has 2 heterocycles. The fourth-order valence-corrected chi connectivity index (χ4v) is 7.40. The second kappa shape index (κ2) is 10.6. The van der Waals surface area contributed by atoms with Crippen LogP contribution in [0.1, 0.15) is 52.0 Å². The highest BCUT2D eigenvalue weighted by molar-refractivity contribution is 7.91. The zero-order valence-corrected chi connectivity index (χ0v) is 23.7. The van der Waals surface area contributed by atoms with Gasteiger partial charge in [0.2, 0.25) is 15.8 Å². The highest BCUT2D eigenvalue weighted by Gasteiger charge is 2.35. The van der Waals surface area contributed by atoms with Gasteiger partial charge in [-0.1, -0.05) is 24.3 Å². The molecule has 1 aliphatic heterocycles. The van der Waals surface area contributed by atoms with Crippen LogP contribution in [0.2, 0.25) is 0 Å². The lowest BCUT2D eigenvalue weighted by atomic mass is 9.86. The molecule has 210 valence electrons. The molecule has 6 rings (SSSR count). The lowest BCUT2D eigenvalue weighted by Crippen LogP contribution is -2.34. The maximum absolute atomic E-state index is 13.2. The van der Waals surface area contributed by atoms with Gasteiger partial charge in [0.25, 0.3) is 5.91 Å². The molecule has 0 radical (unpaired) electrons. The quantitative estimate of drug-likeness (QED) is 0.307. The normalized spacial score (nSPS) is 19.2. The molecule has 9 nitrogen and oxygen atoms in total. The summed E-state index contributed by atoms with van der Waals surface area (Å²) in [6.45, 7) is 0.494. The number of sulfone groups is 1. The monoisotopic (exact) mass is 569 g/mol. The maximum atomic E-state index is 13.2. The number of anilines is 2. The van der Waals surface area contributed by atoms with Gasteiger partial charge in [-0.05, 0) is 74.1 Å². The Bertz CT molecular complexity index is 1780. The first-order valence-electron chi connectivity index (χ1n) is 13.7. The largest absolute Gasteiger partial charge is 0.362 e. The molecular formula is C31H31N5O4S.